The molecule has 4 nitrogen and oxygen atoms in total. The van der Waals surface area contributed by atoms with Crippen molar-refractivity contribution in [2.24, 2.45) is 5.92 Å². The molecule has 122 valence electrons. The van der Waals surface area contributed by atoms with Gasteiger partial charge in [0.25, 0.3) is 0 Å². The number of hydrogen-bond acceptors (Lipinski definition) is 2. The summed E-state index contributed by atoms with van der Waals surface area (Å²) >= 11 is 0. The van der Waals surface area contributed by atoms with Gasteiger partial charge in [0.1, 0.15) is 5.82 Å². The maximum absolute atomic E-state index is 13.5. The van der Waals surface area contributed by atoms with Crippen molar-refractivity contribution in [3.05, 3.63) is 30.3 Å². The zero-order valence-electron chi connectivity index (χ0n) is 13.2. The molecule has 2 fully saturated rings. The third-order valence-corrected chi connectivity index (χ3v) is 5.41. The molecule has 0 radical (unpaired) electrons. The number of amides is 1. The molecule has 23 heavy (non-hydrogen) atoms. The fourth-order valence-corrected chi connectivity index (χ4v) is 4.09. The van der Waals surface area contributed by atoms with Gasteiger partial charge in [-0.2, -0.15) is 0 Å². The molecular weight excluding hydrogens is 293 g/mol. The number of rotatable bonds is 2. The van der Waals surface area contributed by atoms with Gasteiger partial charge >= 0.3 is 0 Å². The van der Waals surface area contributed by atoms with Crippen LogP contribution in [-0.4, -0.2) is 33.4 Å². The molecule has 4 rings (SSSR count). The van der Waals surface area contributed by atoms with Gasteiger partial charge in [-0.05, 0) is 43.9 Å². The topological polar surface area (TPSA) is 38.1 Å². The normalized spacial score (nSPS) is 20.5. The second kappa shape index (κ2) is 5.95. The molecule has 5 heteroatoms. The van der Waals surface area contributed by atoms with Gasteiger partial charge in [0.15, 0.2) is 0 Å². The first kappa shape index (κ1) is 14.7. The lowest BCUT2D eigenvalue weighted by Crippen LogP contribution is -2.41. The monoisotopic (exact) mass is 315 g/mol. The van der Waals surface area contributed by atoms with Crippen LogP contribution in [0, 0.1) is 11.7 Å². The van der Waals surface area contributed by atoms with E-state index < -0.39 is 0 Å². The van der Waals surface area contributed by atoms with E-state index in [-0.39, 0.29) is 11.7 Å². The van der Waals surface area contributed by atoms with Crippen LogP contribution < -0.4 is 0 Å². The molecule has 2 aliphatic rings. The maximum Gasteiger partial charge on any atom is 0.225 e. The van der Waals surface area contributed by atoms with Crippen LogP contribution in [0.1, 0.15) is 44.6 Å². The SMILES string of the molecule is O=C(C1CCCC1)N1CCC(n2cnc3ccc(F)cc32)CC1. The summed E-state index contributed by atoms with van der Waals surface area (Å²) in [6.07, 6.45) is 8.15. The Kier molecular flexibility index (Phi) is 3.79. The Bertz CT molecular complexity index is 712. The van der Waals surface area contributed by atoms with E-state index in [1.165, 1.54) is 18.9 Å². The summed E-state index contributed by atoms with van der Waals surface area (Å²) in [6.45, 7) is 1.60. The molecule has 0 N–H and O–H groups in total. The fraction of sp³-hybridized carbons (Fsp3) is 0.556. The number of carbonyl (C=O) groups is 1. The van der Waals surface area contributed by atoms with Crippen molar-refractivity contribution >= 4 is 16.9 Å². The van der Waals surface area contributed by atoms with E-state index in [0.717, 1.165) is 49.8 Å². The quantitative estimate of drug-likeness (QED) is 0.850. The number of hydrogen-bond donors (Lipinski definition) is 0. The van der Waals surface area contributed by atoms with Crippen molar-refractivity contribution in [3.8, 4) is 0 Å². The summed E-state index contributed by atoms with van der Waals surface area (Å²) in [4.78, 5) is 18.9. The lowest BCUT2D eigenvalue weighted by molar-refractivity contribution is -0.136. The Morgan fingerprint density at radius 2 is 1.87 bits per heavy atom. The minimum absolute atomic E-state index is 0.229. The van der Waals surface area contributed by atoms with E-state index in [4.69, 9.17) is 0 Å². The highest BCUT2D eigenvalue weighted by atomic mass is 19.1. The molecule has 1 aromatic carbocycles. The molecule has 2 heterocycles. The number of carbonyl (C=O) groups excluding carboxylic acids is 1. The van der Waals surface area contributed by atoms with Gasteiger partial charge in [0.05, 0.1) is 17.4 Å². The summed E-state index contributed by atoms with van der Waals surface area (Å²) in [7, 11) is 0. The summed E-state index contributed by atoms with van der Waals surface area (Å²) in [5.74, 6) is 0.380. The third-order valence-electron chi connectivity index (χ3n) is 5.41. The minimum atomic E-state index is -0.229. The Balaban J connectivity index is 1.46. The van der Waals surface area contributed by atoms with Gasteiger partial charge < -0.3 is 9.47 Å². The van der Waals surface area contributed by atoms with Crippen molar-refractivity contribution in [1.29, 1.82) is 0 Å². The molecule has 0 unspecified atom stereocenters. The molecule has 0 atom stereocenters. The second-order valence-corrected chi connectivity index (χ2v) is 6.82. The van der Waals surface area contributed by atoms with Crippen LogP contribution in [0.2, 0.25) is 0 Å². The van der Waals surface area contributed by atoms with Crippen molar-refractivity contribution in [3.63, 3.8) is 0 Å². The van der Waals surface area contributed by atoms with Crippen LogP contribution in [0.3, 0.4) is 0 Å². The smallest absolute Gasteiger partial charge is 0.225 e. The van der Waals surface area contributed by atoms with Gasteiger partial charge in [0, 0.05) is 25.0 Å². The van der Waals surface area contributed by atoms with Crippen molar-refractivity contribution in [2.75, 3.05) is 13.1 Å². The Labute approximate surface area is 135 Å². The zero-order valence-corrected chi connectivity index (χ0v) is 13.2. The average Bonchev–Trinajstić information content (AvgIpc) is 3.24. The number of imidazole rings is 1. The highest BCUT2D eigenvalue weighted by molar-refractivity contribution is 5.79. The van der Waals surface area contributed by atoms with Crippen LogP contribution in [-0.2, 0) is 4.79 Å². The minimum Gasteiger partial charge on any atom is -0.342 e. The van der Waals surface area contributed by atoms with E-state index in [9.17, 15) is 9.18 Å². The molecule has 1 aliphatic carbocycles. The van der Waals surface area contributed by atoms with Gasteiger partial charge in [0.2, 0.25) is 5.91 Å². The standard InChI is InChI=1S/C18H22FN3O/c19-14-5-6-16-17(11-14)22(12-20-16)15-7-9-21(10-8-15)18(23)13-3-1-2-4-13/h5-6,11-13,15H,1-4,7-10H2. The molecule has 0 spiro atoms. The first-order valence-corrected chi connectivity index (χ1v) is 8.63. The van der Waals surface area contributed by atoms with Crippen LogP contribution in [0.15, 0.2) is 24.5 Å². The summed E-state index contributed by atoms with van der Waals surface area (Å²) < 4.78 is 15.6. The van der Waals surface area contributed by atoms with Crippen LogP contribution in [0.4, 0.5) is 4.39 Å². The van der Waals surface area contributed by atoms with Gasteiger partial charge in [-0.25, -0.2) is 9.37 Å². The highest BCUT2D eigenvalue weighted by Gasteiger charge is 2.30. The second-order valence-electron chi connectivity index (χ2n) is 6.82. The van der Waals surface area contributed by atoms with E-state index in [1.54, 1.807) is 12.1 Å². The Morgan fingerprint density at radius 1 is 1.13 bits per heavy atom. The average molecular weight is 315 g/mol. The van der Waals surface area contributed by atoms with E-state index in [0.29, 0.717) is 11.9 Å². The number of fused-ring (bicyclic) bond motifs is 1. The Hall–Kier alpha value is -1.91. The van der Waals surface area contributed by atoms with Gasteiger partial charge in [-0.1, -0.05) is 12.8 Å². The van der Waals surface area contributed by atoms with Crippen molar-refractivity contribution < 1.29 is 9.18 Å². The molecular formula is C18H22FN3O. The number of aromatic nitrogens is 2. The van der Waals surface area contributed by atoms with Crippen molar-refractivity contribution in [1.82, 2.24) is 14.5 Å². The number of likely N-dealkylation sites (tertiary alicyclic amines) is 1. The largest absolute Gasteiger partial charge is 0.342 e. The van der Waals surface area contributed by atoms with E-state index in [1.807, 2.05) is 11.2 Å². The lowest BCUT2D eigenvalue weighted by atomic mass is 10.0. The molecule has 0 bridgehead atoms. The predicted octanol–water partition coefficient (Wildman–Crippen LogP) is 3.53. The Morgan fingerprint density at radius 3 is 2.61 bits per heavy atom. The first-order chi connectivity index (χ1) is 11.2. The summed E-state index contributed by atoms with van der Waals surface area (Å²) in [5.41, 5.74) is 1.68. The number of halogens is 1. The van der Waals surface area contributed by atoms with Crippen LogP contribution >= 0.6 is 0 Å². The zero-order chi connectivity index (χ0) is 15.8. The number of benzene rings is 1. The molecule has 1 amide bonds. The molecule has 1 aromatic heterocycles. The number of piperidine rings is 1. The van der Waals surface area contributed by atoms with Gasteiger partial charge in [-0.3, -0.25) is 4.79 Å². The maximum atomic E-state index is 13.5. The molecule has 2 aromatic rings. The fourth-order valence-electron chi connectivity index (χ4n) is 4.09. The molecule has 1 saturated carbocycles. The molecule has 1 saturated heterocycles. The van der Waals surface area contributed by atoms with E-state index in [2.05, 4.69) is 9.55 Å². The summed E-state index contributed by atoms with van der Waals surface area (Å²) in [6, 6.07) is 5.02. The van der Waals surface area contributed by atoms with Crippen LogP contribution in [0.25, 0.3) is 11.0 Å². The summed E-state index contributed by atoms with van der Waals surface area (Å²) in [5, 5.41) is 0. The predicted molar refractivity (Wildman–Crippen MR) is 86.5 cm³/mol. The number of nitrogens with zero attached hydrogens (tertiary/aromatic N) is 3. The third kappa shape index (κ3) is 2.73. The lowest BCUT2D eigenvalue weighted by Gasteiger charge is -2.34. The van der Waals surface area contributed by atoms with E-state index >= 15 is 0 Å². The van der Waals surface area contributed by atoms with Crippen LogP contribution in [0.5, 0.6) is 0 Å². The van der Waals surface area contributed by atoms with Gasteiger partial charge in [-0.15, -0.1) is 0 Å². The molecule has 1 aliphatic heterocycles. The first-order valence-electron chi connectivity index (χ1n) is 8.63. The highest BCUT2D eigenvalue weighted by Crippen LogP contribution is 2.31. The van der Waals surface area contributed by atoms with Crippen molar-refractivity contribution in [2.45, 2.75) is 44.6 Å².